The SMILES string of the molecule is BrC1C=C2C(=Cc3ccc[c-]c32)S1.[Cl-].[Cl-].[S]=[Zr+2].[c-]1cccc2c1-c1ccccc1C2. The maximum atomic E-state index is 4.17. The Morgan fingerprint density at radius 2 is 1.57 bits per heavy atom. The van der Waals surface area contributed by atoms with Gasteiger partial charge in [-0.05, 0) is 11.3 Å². The molecule has 1 heterocycles. The molecule has 6 rings (SSSR count). The Kier molecular flexibility index (Phi) is 10.4. The van der Waals surface area contributed by atoms with Gasteiger partial charge in [-0.15, -0.1) is 82.5 Å². The van der Waals surface area contributed by atoms with Crippen LogP contribution in [0.15, 0.2) is 71.6 Å². The summed E-state index contributed by atoms with van der Waals surface area (Å²) < 4.78 is 0.440. The van der Waals surface area contributed by atoms with Crippen molar-refractivity contribution in [1.82, 2.24) is 0 Å². The molecule has 150 valence electrons. The molecule has 30 heavy (non-hydrogen) atoms. The molecule has 0 spiro atoms. The minimum atomic E-state index is 0. The summed E-state index contributed by atoms with van der Waals surface area (Å²) in [5, 5.41) is 0. The second-order valence-electron chi connectivity index (χ2n) is 6.46. The normalized spacial score (nSPS) is 15.8. The van der Waals surface area contributed by atoms with E-state index >= 15 is 0 Å². The third-order valence-corrected chi connectivity index (χ3v) is 6.64. The summed E-state index contributed by atoms with van der Waals surface area (Å²) in [4.78, 5) is 1.37. The van der Waals surface area contributed by atoms with Crippen LogP contribution in [-0.2, 0) is 29.1 Å². The van der Waals surface area contributed by atoms with E-state index in [-0.39, 0.29) is 24.8 Å². The first-order valence-electron chi connectivity index (χ1n) is 8.83. The number of rotatable bonds is 0. The molecule has 1 atom stereocenters. The Bertz CT molecular complexity index is 1050. The van der Waals surface area contributed by atoms with Gasteiger partial charge < -0.3 is 24.8 Å². The van der Waals surface area contributed by atoms with E-state index < -0.39 is 0 Å². The predicted molar refractivity (Wildman–Crippen MR) is 123 cm³/mol. The van der Waals surface area contributed by atoms with Gasteiger partial charge in [0.2, 0.25) is 0 Å². The van der Waals surface area contributed by atoms with Gasteiger partial charge in [-0.3, -0.25) is 0 Å². The Morgan fingerprint density at radius 1 is 0.900 bits per heavy atom. The number of allylic oxidation sites excluding steroid dienone is 1. The van der Waals surface area contributed by atoms with Crippen LogP contribution in [0, 0.1) is 12.1 Å². The van der Waals surface area contributed by atoms with Crippen molar-refractivity contribution >= 4 is 48.2 Å². The van der Waals surface area contributed by atoms with Crippen molar-refractivity contribution in [3.63, 3.8) is 0 Å². The third kappa shape index (κ3) is 5.34. The van der Waals surface area contributed by atoms with Gasteiger partial charge in [0.15, 0.2) is 0 Å². The van der Waals surface area contributed by atoms with Crippen molar-refractivity contribution in [1.29, 1.82) is 0 Å². The fraction of sp³-hybridized carbons (Fsp3) is 0.0833. The first-order chi connectivity index (χ1) is 13.8. The van der Waals surface area contributed by atoms with E-state index in [9.17, 15) is 0 Å². The van der Waals surface area contributed by atoms with Crippen molar-refractivity contribution < 1.29 is 47.5 Å². The van der Waals surface area contributed by atoms with Crippen LogP contribution in [0.25, 0.3) is 22.8 Å². The van der Waals surface area contributed by atoms with Crippen molar-refractivity contribution in [2.24, 2.45) is 0 Å². The van der Waals surface area contributed by atoms with Crippen LogP contribution in [0.1, 0.15) is 22.3 Å². The van der Waals surface area contributed by atoms with E-state index in [1.807, 2.05) is 30.0 Å². The Hall–Kier alpha value is -0.347. The zero-order valence-corrected chi connectivity index (χ0v) is 22.9. The van der Waals surface area contributed by atoms with Gasteiger partial charge in [-0.25, -0.2) is 0 Å². The Labute approximate surface area is 221 Å². The van der Waals surface area contributed by atoms with Crippen molar-refractivity contribution in [3.05, 3.63) is 106 Å². The van der Waals surface area contributed by atoms with E-state index in [0.29, 0.717) is 4.16 Å². The van der Waals surface area contributed by atoms with Crippen molar-refractivity contribution in [2.45, 2.75) is 10.6 Å². The first kappa shape index (κ1) is 25.9. The molecule has 3 aliphatic rings. The molecule has 0 saturated heterocycles. The van der Waals surface area contributed by atoms with E-state index in [0.717, 1.165) is 29.1 Å². The van der Waals surface area contributed by atoms with Crippen LogP contribution in [0.3, 0.4) is 0 Å². The minimum absolute atomic E-state index is 0. The monoisotopic (exact) mass is 606 g/mol. The third-order valence-electron chi connectivity index (χ3n) is 4.86. The molecule has 6 heteroatoms. The van der Waals surface area contributed by atoms with Crippen LogP contribution in [0.2, 0.25) is 0 Å². The number of halogens is 3. The first-order valence-corrected chi connectivity index (χ1v) is 14.0. The number of alkyl halides is 1. The largest absolute Gasteiger partial charge is 0.147 e. The quantitative estimate of drug-likeness (QED) is 0.219. The fourth-order valence-corrected chi connectivity index (χ4v) is 5.50. The van der Waals surface area contributed by atoms with E-state index in [1.54, 1.807) is 0 Å². The topological polar surface area (TPSA) is 0 Å². The molecule has 2 aliphatic carbocycles. The summed E-state index contributed by atoms with van der Waals surface area (Å²) in [6.45, 7) is 0. The molecular weight excluding hydrogens is 594 g/mol. The number of thioether (sulfide) groups is 1. The fourth-order valence-electron chi connectivity index (χ4n) is 3.69. The molecule has 1 unspecified atom stereocenters. The van der Waals surface area contributed by atoms with Gasteiger partial charge in [0, 0.05) is 0 Å². The summed E-state index contributed by atoms with van der Waals surface area (Å²) in [5.41, 5.74) is 9.39. The molecule has 0 nitrogen and oxygen atoms in total. The molecule has 0 saturated carbocycles. The van der Waals surface area contributed by atoms with Gasteiger partial charge in [-0.2, -0.15) is 0 Å². The average Bonchev–Trinajstić information content (AvgIpc) is 3.40. The van der Waals surface area contributed by atoms with Crippen molar-refractivity contribution in [2.75, 3.05) is 0 Å². The number of fused-ring (bicyclic) bond motifs is 6. The van der Waals surface area contributed by atoms with E-state index in [2.05, 4.69) is 91.5 Å². The maximum absolute atomic E-state index is 4.17. The maximum Gasteiger partial charge on any atom is -0.0454 e. The Morgan fingerprint density at radius 3 is 2.37 bits per heavy atom. The van der Waals surface area contributed by atoms with Gasteiger partial charge in [-0.1, -0.05) is 69.0 Å². The molecule has 0 fully saturated rings. The van der Waals surface area contributed by atoms with Crippen LogP contribution in [0.4, 0.5) is 0 Å². The molecule has 0 radical (unpaired) electrons. The zero-order chi connectivity index (χ0) is 19.5. The summed E-state index contributed by atoms with van der Waals surface area (Å²) in [6.07, 6.45) is 5.56. The minimum Gasteiger partial charge on any atom is -0.147 e. The van der Waals surface area contributed by atoms with Crippen LogP contribution >= 0.6 is 36.5 Å². The second-order valence-corrected chi connectivity index (χ2v) is 9.24. The summed E-state index contributed by atoms with van der Waals surface area (Å²) in [7, 11) is 4.17. The summed E-state index contributed by atoms with van der Waals surface area (Å²) in [6, 6.07) is 27.5. The molecule has 0 aromatic heterocycles. The molecule has 3 aromatic rings. The molecule has 1 aliphatic heterocycles. The van der Waals surface area contributed by atoms with Gasteiger partial charge >= 0.3 is 31.5 Å². The second kappa shape index (κ2) is 12.0. The standard InChI is InChI=1S/C13H9.C11H6BrS.2ClH.S.Zr/c1-3-7-12-10(5-1)9-11-6-2-4-8-13(11)12;12-11-6-9-8-4-2-1-3-7(8)5-10(9)13-11;;;;/h1-7H,9H2;1-3,5-6,11H;2*1H;;/q2*-1;;;;+2/p-2. The molecule has 0 N–H and O–H groups in total. The number of hydrogen-bond acceptors (Lipinski definition) is 2. The zero-order valence-electron chi connectivity index (χ0n) is 15.7. The Balaban J connectivity index is 0.000000186. The molecule has 3 aromatic carbocycles. The van der Waals surface area contributed by atoms with Crippen LogP contribution in [-0.4, -0.2) is 4.16 Å². The number of hydrogen-bond donors (Lipinski definition) is 0. The van der Waals surface area contributed by atoms with Gasteiger partial charge in [0.1, 0.15) is 0 Å². The van der Waals surface area contributed by atoms with Gasteiger partial charge in [0.25, 0.3) is 0 Å². The van der Waals surface area contributed by atoms with Crippen LogP contribution in [0.5, 0.6) is 0 Å². The average molecular weight is 610 g/mol. The van der Waals surface area contributed by atoms with E-state index in [4.69, 9.17) is 0 Å². The summed E-state index contributed by atoms with van der Waals surface area (Å²) >= 11 is 6.57. The predicted octanol–water partition coefficient (Wildman–Crippen LogP) is 1.40. The molecular formula is C24H15BrCl2S2Zr-2. The van der Waals surface area contributed by atoms with Crippen LogP contribution < -0.4 is 24.8 Å². The van der Waals surface area contributed by atoms with E-state index in [1.165, 1.54) is 43.9 Å². The van der Waals surface area contributed by atoms with Gasteiger partial charge in [0.05, 0.1) is 4.16 Å². The molecule has 0 bridgehead atoms. The molecule has 0 amide bonds. The smallest absolute Gasteiger partial charge is 0.0454 e. The van der Waals surface area contributed by atoms with Crippen molar-refractivity contribution in [3.8, 4) is 11.1 Å². The summed E-state index contributed by atoms with van der Waals surface area (Å²) in [5.74, 6) is 0. The number of benzene rings is 3.